The molecule has 0 atom stereocenters. The highest BCUT2D eigenvalue weighted by Gasteiger charge is 2.18. The summed E-state index contributed by atoms with van der Waals surface area (Å²) in [5.74, 6) is 1.57. The third kappa shape index (κ3) is 4.93. The van der Waals surface area contributed by atoms with E-state index in [0.29, 0.717) is 40.2 Å². The molecule has 0 saturated heterocycles. The van der Waals surface area contributed by atoms with E-state index in [0.717, 1.165) is 10.2 Å². The Hall–Kier alpha value is -2.91. The zero-order chi connectivity index (χ0) is 20.1. The Kier molecular flexibility index (Phi) is 6.06. The minimum atomic E-state index is -0.0776. The molecule has 1 amide bonds. The third-order valence-electron chi connectivity index (χ3n) is 3.86. The average molecular weight is 471 g/mol. The maximum Gasteiger partial charge on any atom is 0.225 e. The van der Waals surface area contributed by atoms with Gasteiger partial charge in [-0.3, -0.25) is 4.79 Å². The first-order valence-corrected chi connectivity index (χ1v) is 10.5. The van der Waals surface area contributed by atoms with Crippen LogP contribution in [0.4, 0.5) is 5.69 Å². The second kappa shape index (κ2) is 9.06. The van der Waals surface area contributed by atoms with Gasteiger partial charge in [-0.2, -0.15) is 0 Å². The molecule has 0 spiro atoms. The average Bonchev–Trinajstić information content (AvgIpc) is 3.44. The van der Waals surface area contributed by atoms with Crippen LogP contribution in [0.5, 0.6) is 0 Å². The molecule has 0 aliphatic carbocycles. The lowest BCUT2D eigenvalue weighted by Gasteiger charge is -2.06. The highest BCUT2D eigenvalue weighted by Crippen LogP contribution is 2.30. The Morgan fingerprint density at radius 1 is 0.966 bits per heavy atom. The van der Waals surface area contributed by atoms with Gasteiger partial charge in [0.25, 0.3) is 0 Å². The van der Waals surface area contributed by atoms with E-state index in [2.05, 4.69) is 36.4 Å². The number of nitrogens with one attached hydrogen (secondary N) is 1. The SMILES string of the molecule is O=C(CCSc1nnc(-c2ccco2)c(-c2ccco2)n1)Nc1ccc(Br)cc1. The fourth-order valence-corrected chi connectivity index (χ4v) is 3.52. The van der Waals surface area contributed by atoms with Gasteiger partial charge in [-0.15, -0.1) is 10.2 Å². The first-order valence-electron chi connectivity index (χ1n) is 8.70. The maximum absolute atomic E-state index is 12.1. The van der Waals surface area contributed by atoms with Crippen LogP contribution in [0.3, 0.4) is 0 Å². The summed E-state index contributed by atoms with van der Waals surface area (Å²) in [6, 6.07) is 14.6. The van der Waals surface area contributed by atoms with Crippen LogP contribution in [0.1, 0.15) is 6.42 Å². The van der Waals surface area contributed by atoms with E-state index in [9.17, 15) is 4.79 Å². The summed E-state index contributed by atoms with van der Waals surface area (Å²) in [5, 5.41) is 11.7. The number of rotatable bonds is 7. The van der Waals surface area contributed by atoms with Gasteiger partial charge in [0.05, 0.1) is 12.5 Å². The van der Waals surface area contributed by atoms with Crippen LogP contribution in [-0.2, 0) is 4.79 Å². The molecule has 1 aromatic carbocycles. The number of hydrogen-bond acceptors (Lipinski definition) is 7. The van der Waals surface area contributed by atoms with Gasteiger partial charge in [0.15, 0.2) is 17.2 Å². The van der Waals surface area contributed by atoms with Crippen molar-refractivity contribution >= 4 is 39.3 Å². The lowest BCUT2D eigenvalue weighted by molar-refractivity contribution is -0.115. The molecule has 1 N–H and O–H groups in total. The van der Waals surface area contributed by atoms with Gasteiger partial charge in [-0.1, -0.05) is 27.7 Å². The van der Waals surface area contributed by atoms with Crippen molar-refractivity contribution in [1.82, 2.24) is 15.2 Å². The molecule has 146 valence electrons. The lowest BCUT2D eigenvalue weighted by Crippen LogP contribution is -2.12. The molecular formula is C20H15BrN4O3S. The third-order valence-corrected chi connectivity index (χ3v) is 5.23. The van der Waals surface area contributed by atoms with Crippen LogP contribution in [0.15, 0.2) is 79.5 Å². The quantitative estimate of drug-likeness (QED) is 0.367. The topological polar surface area (TPSA) is 94.0 Å². The minimum absolute atomic E-state index is 0.0776. The molecule has 4 aromatic rings. The number of halogens is 1. The molecule has 3 aromatic heterocycles. The second-order valence-electron chi connectivity index (χ2n) is 5.90. The Morgan fingerprint density at radius 2 is 1.66 bits per heavy atom. The monoisotopic (exact) mass is 470 g/mol. The van der Waals surface area contributed by atoms with Crippen LogP contribution in [0.25, 0.3) is 22.9 Å². The minimum Gasteiger partial charge on any atom is -0.463 e. The van der Waals surface area contributed by atoms with Crippen molar-refractivity contribution in [3.8, 4) is 22.9 Å². The molecule has 7 nitrogen and oxygen atoms in total. The van der Waals surface area contributed by atoms with Crippen LogP contribution in [0.2, 0.25) is 0 Å². The van der Waals surface area contributed by atoms with Gasteiger partial charge in [0, 0.05) is 22.3 Å². The highest BCUT2D eigenvalue weighted by atomic mass is 79.9. The summed E-state index contributed by atoms with van der Waals surface area (Å²) in [6.07, 6.45) is 3.46. The van der Waals surface area contributed by atoms with E-state index in [-0.39, 0.29) is 5.91 Å². The summed E-state index contributed by atoms with van der Waals surface area (Å²) in [5.41, 5.74) is 1.80. The van der Waals surface area contributed by atoms with E-state index in [1.165, 1.54) is 11.8 Å². The molecule has 0 aliphatic rings. The van der Waals surface area contributed by atoms with Crippen LogP contribution >= 0.6 is 27.7 Å². The molecule has 9 heteroatoms. The number of aromatic nitrogens is 3. The fourth-order valence-electron chi connectivity index (χ4n) is 2.53. The first kappa shape index (κ1) is 19.4. The first-order chi connectivity index (χ1) is 14.2. The Bertz CT molecular complexity index is 1080. The Morgan fingerprint density at radius 3 is 2.31 bits per heavy atom. The highest BCUT2D eigenvalue weighted by molar-refractivity contribution is 9.10. The molecule has 0 unspecified atom stereocenters. The molecular weight excluding hydrogens is 456 g/mol. The molecule has 3 heterocycles. The number of carbonyl (C=O) groups is 1. The molecule has 0 bridgehead atoms. The number of nitrogens with zero attached hydrogens (tertiary/aromatic N) is 3. The van der Waals surface area contributed by atoms with Gasteiger partial charge in [-0.05, 0) is 48.5 Å². The van der Waals surface area contributed by atoms with Crippen molar-refractivity contribution in [2.75, 3.05) is 11.1 Å². The van der Waals surface area contributed by atoms with Gasteiger partial charge in [-0.25, -0.2) is 4.98 Å². The second-order valence-corrected chi connectivity index (χ2v) is 7.88. The number of furan rings is 2. The van der Waals surface area contributed by atoms with Crippen LogP contribution in [-0.4, -0.2) is 26.8 Å². The van der Waals surface area contributed by atoms with Crippen molar-refractivity contribution in [1.29, 1.82) is 0 Å². The van der Waals surface area contributed by atoms with Gasteiger partial charge < -0.3 is 14.2 Å². The maximum atomic E-state index is 12.1. The normalized spacial score (nSPS) is 10.8. The van der Waals surface area contributed by atoms with E-state index in [1.54, 1.807) is 36.8 Å². The zero-order valence-electron chi connectivity index (χ0n) is 15.0. The van der Waals surface area contributed by atoms with Crippen molar-refractivity contribution in [3.63, 3.8) is 0 Å². The summed E-state index contributed by atoms with van der Waals surface area (Å²) < 4.78 is 11.9. The zero-order valence-corrected chi connectivity index (χ0v) is 17.4. The summed E-state index contributed by atoms with van der Waals surface area (Å²) in [7, 11) is 0. The van der Waals surface area contributed by atoms with Crippen LogP contribution < -0.4 is 5.32 Å². The van der Waals surface area contributed by atoms with Gasteiger partial charge in [0.2, 0.25) is 11.1 Å². The predicted octanol–water partition coefficient (Wildman–Crippen LogP) is 5.28. The summed E-state index contributed by atoms with van der Waals surface area (Å²) in [6.45, 7) is 0. The molecule has 0 saturated carbocycles. The molecule has 4 rings (SSSR count). The number of carbonyl (C=O) groups excluding carboxylic acids is 1. The fraction of sp³-hybridized carbons (Fsp3) is 0.100. The Balaban J connectivity index is 1.42. The summed E-state index contributed by atoms with van der Waals surface area (Å²) in [4.78, 5) is 16.7. The smallest absolute Gasteiger partial charge is 0.225 e. The van der Waals surface area contributed by atoms with E-state index >= 15 is 0 Å². The van der Waals surface area contributed by atoms with E-state index < -0.39 is 0 Å². The Labute approximate surface area is 179 Å². The van der Waals surface area contributed by atoms with E-state index in [4.69, 9.17) is 8.83 Å². The van der Waals surface area contributed by atoms with Crippen molar-refractivity contribution in [2.45, 2.75) is 11.6 Å². The largest absolute Gasteiger partial charge is 0.463 e. The number of hydrogen-bond donors (Lipinski definition) is 1. The van der Waals surface area contributed by atoms with Gasteiger partial charge in [0.1, 0.15) is 5.69 Å². The standard InChI is InChI=1S/C20H15BrN4O3S/c21-13-5-7-14(8-6-13)22-17(26)9-12-29-20-23-18(15-3-1-10-27-15)19(24-25-20)16-4-2-11-28-16/h1-8,10-11H,9,12H2,(H,22,26). The number of benzene rings is 1. The van der Waals surface area contributed by atoms with Crippen molar-refractivity contribution in [2.24, 2.45) is 0 Å². The number of thioether (sulfide) groups is 1. The lowest BCUT2D eigenvalue weighted by atomic mass is 10.2. The van der Waals surface area contributed by atoms with E-state index in [1.807, 2.05) is 24.3 Å². The number of anilines is 1. The predicted molar refractivity (Wildman–Crippen MR) is 113 cm³/mol. The molecule has 0 aliphatic heterocycles. The van der Waals surface area contributed by atoms with Crippen molar-refractivity contribution in [3.05, 3.63) is 65.5 Å². The van der Waals surface area contributed by atoms with Crippen molar-refractivity contribution < 1.29 is 13.6 Å². The molecule has 29 heavy (non-hydrogen) atoms. The molecule has 0 fully saturated rings. The van der Waals surface area contributed by atoms with Gasteiger partial charge >= 0.3 is 0 Å². The van der Waals surface area contributed by atoms with Crippen LogP contribution in [0, 0.1) is 0 Å². The molecule has 0 radical (unpaired) electrons. The summed E-state index contributed by atoms with van der Waals surface area (Å²) >= 11 is 4.72. The number of amides is 1.